The van der Waals surface area contributed by atoms with Gasteiger partial charge < -0.3 is 10.4 Å². The first-order chi connectivity index (χ1) is 7.00. The molecule has 5 heteroatoms. The summed E-state index contributed by atoms with van der Waals surface area (Å²) in [6.45, 7) is 1.85. The summed E-state index contributed by atoms with van der Waals surface area (Å²) < 4.78 is 13.6. The predicted molar refractivity (Wildman–Crippen MR) is 59.4 cm³/mol. The van der Waals surface area contributed by atoms with E-state index in [0.717, 1.165) is 0 Å². The molecule has 0 saturated heterocycles. The quantitative estimate of drug-likeness (QED) is 0.889. The fourth-order valence-corrected chi connectivity index (χ4v) is 1.37. The lowest BCUT2D eigenvalue weighted by molar-refractivity contribution is -0.140. The summed E-state index contributed by atoms with van der Waals surface area (Å²) in [5.74, 6) is -1.75. The number of hydrogen-bond donors (Lipinski definition) is 2. The Morgan fingerprint density at radius 2 is 2.33 bits per heavy atom. The summed E-state index contributed by atoms with van der Waals surface area (Å²) >= 11 is 3.24. The second-order valence-corrected chi connectivity index (χ2v) is 4.10. The third-order valence-corrected chi connectivity index (χ3v) is 2.64. The van der Waals surface area contributed by atoms with Crippen LogP contribution in [0.25, 0.3) is 0 Å². The van der Waals surface area contributed by atoms with Gasteiger partial charge in [-0.05, 0) is 34.1 Å². The molecule has 0 aliphatic carbocycles. The zero-order valence-corrected chi connectivity index (χ0v) is 9.71. The Morgan fingerprint density at radius 3 is 2.93 bits per heavy atom. The first kappa shape index (κ1) is 12.0. The number of aliphatic carboxylic acids is 1. The molecule has 0 fully saturated rings. The average Bonchev–Trinajstić information content (AvgIpc) is 2.18. The van der Waals surface area contributed by atoms with Crippen LogP contribution in [0.15, 0.2) is 22.7 Å². The van der Waals surface area contributed by atoms with Crippen LogP contribution in [0.2, 0.25) is 0 Å². The van der Waals surface area contributed by atoms with Gasteiger partial charge in [-0.1, -0.05) is 6.92 Å². The smallest absolute Gasteiger partial charge is 0.308 e. The van der Waals surface area contributed by atoms with Gasteiger partial charge in [0.15, 0.2) is 0 Å². The van der Waals surface area contributed by atoms with Crippen LogP contribution < -0.4 is 5.32 Å². The molecule has 1 aromatic carbocycles. The maximum absolute atomic E-state index is 12.9. The highest BCUT2D eigenvalue weighted by Gasteiger charge is 2.11. The summed E-state index contributed by atoms with van der Waals surface area (Å²) in [6.07, 6.45) is 0. The van der Waals surface area contributed by atoms with Crippen LogP contribution in [-0.4, -0.2) is 17.6 Å². The Morgan fingerprint density at radius 1 is 1.67 bits per heavy atom. The molecule has 0 saturated carbocycles. The maximum Gasteiger partial charge on any atom is 0.308 e. The van der Waals surface area contributed by atoms with Crippen LogP contribution in [0.1, 0.15) is 6.92 Å². The number of benzene rings is 1. The highest BCUT2D eigenvalue weighted by Crippen LogP contribution is 2.23. The molecule has 3 nitrogen and oxygen atoms in total. The zero-order valence-electron chi connectivity index (χ0n) is 8.13. The van der Waals surface area contributed by atoms with Crippen molar-refractivity contribution in [2.24, 2.45) is 5.92 Å². The van der Waals surface area contributed by atoms with Crippen LogP contribution in [0.3, 0.4) is 0 Å². The molecular weight excluding hydrogens is 265 g/mol. The standard InChI is InChI=1S/C10H11BrFNO2/c1-6(10(14)15)5-13-9-4-7(12)2-3-8(9)11/h2-4,6,13H,5H2,1H3,(H,14,15). The monoisotopic (exact) mass is 275 g/mol. The van der Waals surface area contributed by atoms with E-state index >= 15 is 0 Å². The van der Waals surface area contributed by atoms with Crippen molar-refractivity contribution in [3.05, 3.63) is 28.5 Å². The number of nitrogens with one attached hydrogen (secondary N) is 1. The predicted octanol–water partition coefficient (Wildman–Crippen LogP) is 2.72. The second-order valence-electron chi connectivity index (χ2n) is 3.24. The van der Waals surface area contributed by atoms with Crippen molar-refractivity contribution >= 4 is 27.6 Å². The molecule has 1 aromatic rings. The van der Waals surface area contributed by atoms with E-state index in [1.807, 2.05) is 0 Å². The van der Waals surface area contributed by atoms with E-state index in [1.54, 1.807) is 13.0 Å². The van der Waals surface area contributed by atoms with Gasteiger partial charge in [-0.2, -0.15) is 0 Å². The van der Waals surface area contributed by atoms with Gasteiger partial charge in [0.25, 0.3) is 0 Å². The number of halogens is 2. The third-order valence-electron chi connectivity index (χ3n) is 1.95. The molecule has 0 aliphatic rings. The first-order valence-electron chi connectivity index (χ1n) is 4.42. The number of carbonyl (C=O) groups is 1. The minimum atomic E-state index is -0.880. The Labute approximate surface area is 95.4 Å². The molecule has 0 radical (unpaired) electrons. The van der Waals surface area contributed by atoms with E-state index in [4.69, 9.17) is 5.11 Å². The molecule has 1 atom stereocenters. The van der Waals surface area contributed by atoms with E-state index < -0.39 is 11.9 Å². The van der Waals surface area contributed by atoms with Crippen molar-refractivity contribution in [3.8, 4) is 0 Å². The average molecular weight is 276 g/mol. The van der Waals surface area contributed by atoms with Gasteiger partial charge >= 0.3 is 5.97 Å². The maximum atomic E-state index is 12.9. The molecule has 0 aliphatic heterocycles. The molecule has 0 heterocycles. The van der Waals surface area contributed by atoms with E-state index in [1.165, 1.54) is 12.1 Å². The molecule has 1 rings (SSSR count). The molecular formula is C10H11BrFNO2. The molecule has 15 heavy (non-hydrogen) atoms. The molecule has 0 aromatic heterocycles. The van der Waals surface area contributed by atoms with Gasteiger partial charge in [-0.25, -0.2) is 4.39 Å². The van der Waals surface area contributed by atoms with Crippen molar-refractivity contribution < 1.29 is 14.3 Å². The lowest BCUT2D eigenvalue weighted by Gasteiger charge is -2.11. The number of hydrogen-bond acceptors (Lipinski definition) is 2. The van der Waals surface area contributed by atoms with Crippen LogP contribution in [-0.2, 0) is 4.79 Å². The fraction of sp³-hybridized carbons (Fsp3) is 0.300. The molecule has 82 valence electrons. The van der Waals surface area contributed by atoms with Crippen LogP contribution >= 0.6 is 15.9 Å². The van der Waals surface area contributed by atoms with Gasteiger partial charge in [0.05, 0.1) is 11.6 Å². The summed E-state index contributed by atoms with van der Waals surface area (Å²) in [4.78, 5) is 10.5. The largest absolute Gasteiger partial charge is 0.481 e. The van der Waals surface area contributed by atoms with Crippen molar-refractivity contribution in [1.82, 2.24) is 0 Å². The number of carboxylic acid groups (broad SMARTS) is 1. The van der Waals surface area contributed by atoms with Crippen LogP contribution in [0.5, 0.6) is 0 Å². The lowest BCUT2D eigenvalue weighted by Crippen LogP contribution is -2.19. The SMILES string of the molecule is CC(CNc1cc(F)ccc1Br)C(=O)O. The third kappa shape index (κ3) is 3.51. The lowest BCUT2D eigenvalue weighted by atomic mass is 10.2. The van der Waals surface area contributed by atoms with Crippen molar-refractivity contribution in [2.45, 2.75) is 6.92 Å². The number of carboxylic acids is 1. The molecule has 1 unspecified atom stereocenters. The van der Waals surface area contributed by atoms with Gasteiger partial charge in [-0.15, -0.1) is 0 Å². The molecule has 0 spiro atoms. The Balaban J connectivity index is 2.65. The van der Waals surface area contributed by atoms with E-state index in [2.05, 4.69) is 21.2 Å². The van der Waals surface area contributed by atoms with Gasteiger partial charge in [0, 0.05) is 11.0 Å². The minimum Gasteiger partial charge on any atom is -0.481 e. The van der Waals surface area contributed by atoms with Crippen molar-refractivity contribution in [3.63, 3.8) is 0 Å². The molecule has 0 bridgehead atoms. The highest BCUT2D eigenvalue weighted by atomic mass is 79.9. The van der Waals surface area contributed by atoms with Gasteiger partial charge in [0.1, 0.15) is 5.82 Å². The molecule has 2 N–H and O–H groups in total. The number of rotatable bonds is 4. The molecule has 0 amide bonds. The first-order valence-corrected chi connectivity index (χ1v) is 5.21. The van der Waals surface area contributed by atoms with Crippen LogP contribution in [0, 0.1) is 11.7 Å². The van der Waals surface area contributed by atoms with Crippen molar-refractivity contribution in [1.29, 1.82) is 0 Å². The fourth-order valence-electron chi connectivity index (χ4n) is 0.983. The topological polar surface area (TPSA) is 49.3 Å². The van der Waals surface area contributed by atoms with Crippen LogP contribution in [0.4, 0.5) is 10.1 Å². The Bertz CT molecular complexity index is 370. The zero-order chi connectivity index (χ0) is 11.4. The normalized spacial score (nSPS) is 12.2. The van der Waals surface area contributed by atoms with Gasteiger partial charge in [0.2, 0.25) is 0 Å². The summed E-state index contributed by atoms with van der Waals surface area (Å²) in [5.41, 5.74) is 0.558. The summed E-state index contributed by atoms with van der Waals surface area (Å²) in [5, 5.41) is 11.5. The van der Waals surface area contributed by atoms with E-state index in [0.29, 0.717) is 10.2 Å². The summed E-state index contributed by atoms with van der Waals surface area (Å²) in [7, 11) is 0. The Kier molecular flexibility index (Phi) is 4.08. The minimum absolute atomic E-state index is 0.261. The Hall–Kier alpha value is -1.10. The van der Waals surface area contributed by atoms with Crippen molar-refractivity contribution in [2.75, 3.05) is 11.9 Å². The summed E-state index contributed by atoms with van der Waals surface area (Å²) in [6, 6.07) is 4.22. The highest BCUT2D eigenvalue weighted by molar-refractivity contribution is 9.10. The number of anilines is 1. The van der Waals surface area contributed by atoms with Gasteiger partial charge in [-0.3, -0.25) is 4.79 Å². The second kappa shape index (κ2) is 5.11. The van der Waals surface area contributed by atoms with E-state index in [-0.39, 0.29) is 12.4 Å². The van der Waals surface area contributed by atoms with E-state index in [9.17, 15) is 9.18 Å².